The number of amides is 1. The molecule has 16 heteroatoms. The lowest BCUT2D eigenvalue weighted by molar-refractivity contribution is -0.161. The average Bonchev–Trinajstić information content (AvgIpc) is 3.03. The molecule has 0 bridgehead atoms. The number of nitrogens with one attached hydrogen (secondary N) is 1. The Labute approximate surface area is 184 Å². The largest absolute Gasteiger partial charge is 0.480 e. The lowest BCUT2D eigenvalue weighted by atomic mass is 10.1. The molecule has 1 aromatic rings. The highest BCUT2D eigenvalue weighted by Gasteiger charge is 2.47. The number of carbonyl (C=O) groups is 4. The third kappa shape index (κ3) is 6.53. The molecule has 16 nitrogen and oxygen atoms in total. The molecule has 1 aromatic heterocycles. The highest BCUT2D eigenvalue weighted by atomic mass is 16.6. The Balaban J connectivity index is 2.19. The fraction of sp³-hybridized carbons (Fsp3) is 0.529. The van der Waals surface area contributed by atoms with Crippen molar-refractivity contribution in [3.63, 3.8) is 0 Å². The van der Waals surface area contributed by atoms with Gasteiger partial charge in [0.05, 0.1) is 19.4 Å². The van der Waals surface area contributed by atoms with Crippen molar-refractivity contribution in [1.82, 2.24) is 9.55 Å². The lowest BCUT2D eigenvalue weighted by Crippen LogP contribution is -2.41. The van der Waals surface area contributed by atoms with Gasteiger partial charge in [0.25, 0.3) is 0 Å². The maximum atomic E-state index is 12.5. The van der Waals surface area contributed by atoms with Crippen LogP contribution < -0.4 is 22.5 Å². The van der Waals surface area contributed by atoms with Gasteiger partial charge in [-0.2, -0.15) is 4.98 Å². The van der Waals surface area contributed by atoms with Gasteiger partial charge in [-0.1, -0.05) is 0 Å². The summed E-state index contributed by atoms with van der Waals surface area (Å²) in [6.07, 6.45) is -6.02. The number of ether oxygens (including phenoxy) is 2. The highest BCUT2D eigenvalue weighted by Crippen LogP contribution is 2.31. The summed E-state index contributed by atoms with van der Waals surface area (Å²) in [4.78, 5) is 61.4. The van der Waals surface area contributed by atoms with Crippen LogP contribution in [0.25, 0.3) is 0 Å². The van der Waals surface area contributed by atoms with E-state index in [2.05, 4.69) is 10.3 Å². The minimum atomic E-state index is -1.58. The molecule has 0 radical (unpaired) electrons. The molecule has 0 aliphatic carbocycles. The van der Waals surface area contributed by atoms with Gasteiger partial charge in [0.15, 0.2) is 12.3 Å². The summed E-state index contributed by atoms with van der Waals surface area (Å²) in [5.41, 5.74) is 9.52. The van der Waals surface area contributed by atoms with Crippen LogP contribution in [-0.2, 0) is 28.7 Å². The van der Waals surface area contributed by atoms with Crippen molar-refractivity contribution in [3.05, 3.63) is 22.7 Å². The molecule has 1 fully saturated rings. The maximum absolute atomic E-state index is 12.5. The first-order valence-corrected chi connectivity index (χ1v) is 9.44. The van der Waals surface area contributed by atoms with Crippen molar-refractivity contribution < 1.29 is 49.1 Å². The molecule has 0 spiro atoms. The number of aliphatic hydroxyl groups excluding tert-OH is 2. The van der Waals surface area contributed by atoms with E-state index in [0.29, 0.717) is 0 Å². The molecule has 2 rings (SSSR count). The summed E-state index contributed by atoms with van der Waals surface area (Å²) in [5.74, 6) is -5.00. The van der Waals surface area contributed by atoms with E-state index in [1.54, 1.807) is 0 Å². The second kappa shape index (κ2) is 10.9. The first-order chi connectivity index (χ1) is 15.4. The number of hydrogen-bond acceptors (Lipinski definition) is 12. The number of nitrogens with two attached hydrogens (primary N) is 2. The molecule has 6 atom stereocenters. The number of aliphatic hydroxyl groups is 2. The van der Waals surface area contributed by atoms with Gasteiger partial charge < -0.3 is 46.7 Å². The smallest absolute Gasteiger partial charge is 0.351 e. The Hall–Kier alpha value is -3.44. The van der Waals surface area contributed by atoms with Crippen molar-refractivity contribution in [2.24, 2.45) is 11.5 Å². The second-order valence-corrected chi connectivity index (χ2v) is 7.04. The van der Waals surface area contributed by atoms with Gasteiger partial charge in [0.2, 0.25) is 5.91 Å². The molecular formula is C17H23N5O11. The van der Waals surface area contributed by atoms with Crippen LogP contribution in [0.4, 0.5) is 5.82 Å². The molecule has 33 heavy (non-hydrogen) atoms. The Morgan fingerprint density at radius 3 is 2.33 bits per heavy atom. The third-order valence-electron chi connectivity index (χ3n) is 4.56. The molecule has 2 unspecified atom stereocenters. The number of carbonyl (C=O) groups excluding carboxylic acids is 2. The van der Waals surface area contributed by atoms with Crippen LogP contribution in [0.15, 0.2) is 17.1 Å². The monoisotopic (exact) mass is 473 g/mol. The van der Waals surface area contributed by atoms with Crippen LogP contribution in [-0.4, -0.2) is 90.8 Å². The van der Waals surface area contributed by atoms with Crippen molar-refractivity contribution in [1.29, 1.82) is 0 Å². The van der Waals surface area contributed by atoms with Gasteiger partial charge in [-0.25, -0.2) is 4.79 Å². The van der Waals surface area contributed by atoms with Gasteiger partial charge in [0.1, 0.15) is 30.1 Å². The predicted molar refractivity (Wildman–Crippen MR) is 104 cm³/mol. The number of carboxylic acids is 2. The Bertz CT molecular complexity index is 967. The zero-order chi connectivity index (χ0) is 24.9. The second-order valence-electron chi connectivity index (χ2n) is 7.04. The molecular weight excluding hydrogens is 450 g/mol. The first-order valence-electron chi connectivity index (χ1n) is 9.44. The van der Waals surface area contributed by atoms with E-state index in [0.717, 1.165) is 16.8 Å². The lowest BCUT2D eigenvalue weighted by Gasteiger charge is -2.22. The molecule has 1 aliphatic rings. The van der Waals surface area contributed by atoms with Crippen molar-refractivity contribution >= 4 is 29.6 Å². The standard InChI is InChI=1S/C17H23N5O11/c18-6(15(27)28)3-10(24)20-9-1-2-22(17(31)21-9)14-13(12(26)8(5-23)32-14)33-11(25)4-7(19)16(29)30/h1-2,6-8,12-14,23,26H,3-5,18-19H2,(H,27,28)(H,29,30)(H,20,21,24,31)/t6-,7-,8+,12?,13?,14+/m0/s1. The zero-order valence-corrected chi connectivity index (χ0v) is 16.9. The summed E-state index contributed by atoms with van der Waals surface area (Å²) in [5, 5.41) is 39.4. The van der Waals surface area contributed by atoms with Crippen LogP contribution in [0, 0.1) is 0 Å². The molecule has 1 aliphatic heterocycles. The highest BCUT2D eigenvalue weighted by molar-refractivity contribution is 5.93. The van der Waals surface area contributed by atoms with Gasteiger partial charge >= 0.3 is 23.6 Å². The van der Waals surface area contributed by atoms with E-state index in [1.807, 2.05) is 0 Å². The summed E-state index contributed by atoms with van der Waals surface area (Å²) < 4.78 is 11.3. The minimum absolute atomic E-state index is 0.239. The molecule has 0 saturated carbocycles. The number of anilines is 1. The fourth-order valence-corrected chi connectivity index (χ4v) is 2.84. The number of nitrogens with zero attached hydrogens (tertiary/aromatic N) is 2. The van der Waals surface area contributed by atoms with Crippen LogP contribution in [0.1, 0.15) is 19.1 Å². The number of aliphatic carboxylic acids is 2. The third-order valence-corrected chi connectivity index (χ3v) is 4.56. The molecule has 9 N–H and O–H groups in total. The van der Waals surface area contributed by atoms with Crippen LogP contribution in [0.2, 0.25) is 0 Å². The summed E-state index contributed by atoms with van der Waals surface area (Å²) in [7, 11) is 0. The van der Waals surface area contributed by atoms with E-state index in [9.17, 15) is 34.2 Å². The molecule has 1 saturated heterocycles. The number of aromatic nitrogens is 2. The van der Waals surface area contributed by atoms with Crippen molar-refractivity contribution in [2.75, 3.05) is 11.9 Å². The quantitative estimate of drug-likeness (QED) is 0.159. The summed E-state index contributed by atoms with van der Waals surface area (Å²) in [6, 6.07) is -1.88. The molecule has 182 valence electrons. The van der Waals surface area contributed by atoms with Gasteiger partial charge in [-0.15, -0.1) is 0 Å². The average molecular weight is 473 g/mol. The molecule has 2 heterocycles. The van der Waals surface area contributed by atoms with Gasteiger partial charge in [-0.3, -0.25) is 23.7 Å². The zero-order valence-electron chi connectivity index (χ0n) is 16.9. The van der Waals surface area contributed by atoms with E-state index in [4.69, 9.17) is 31.2 Å². The van der Waals surface area contributed by atoms with Crippen molar-refractivity contribution in [3.8, 4) is 0 Å². The number of hydrogen-bond donors (Lipinski definition) is 7. The normalized spacial score (nSPS) is 24.0. The van der Waals surface area contributed by atoms with Gasteiger partial charge in [-0.05, 0) is 6.07 Å². The number of rotatable bonds is 10. The minimum Gasteiger partial charge on any atom is -0.480 e. The molecule has 0 aromatic carbocycles. The predicted octanol–water partition coefficient (Wildman–Crippen LogP) is -4.05. The molecule has 1 amide bonds. The maximum Gasteiger partial charge on any atom is 0.351 e. The SMILES string of the molecule is N[C@@H](CC(=O)Nc1ccn([C@@H]2O[C@H](CO)C(O)C2OC(=O)C[C@H](N)C(=O)O)c(=O)n1)C(=O)O. The number of carboxylic acid groups (broad SMARTS) is 2. The van der Waals surface area contributed by atoms with Crippen LogP contribution in [0.5, 0.6) is 0 Å². The van der Waals surface area contributed by atoms with Crippen LogP contribution >= 0.6 is 0 Å². The fourth-order valence-electron chi connectivity index (χ4n) is 2.84. The Morgan fingerprint density at radius 1 is 1.18 bits per heavy atom. The Morgan fingerprint density at radius 2 is 1.79 bits per heavy atom. The van der Waals surface area contributed by atoms with E-state index in [-0.39, 0.29) is 5.82 Å². The van der Waals surface area contributed by atoms with Crippen LogP contribution in [0.3, 0.4) is 0 Å². The first kappa shape index (κ1) is 25.8. The summed E-state index contributed by atoms with van der Waals surface area (Å²) >= 11 is 0. The summed E-state index contributed by atoms with van der Waals surface area (Å²) in [6.45, 7) is -0.694. The van der Waals surface area contributed by atoms with E-state index < -0.39 is 85.6 Å². The van der Waals surface area contributed by atoms with Crippen molar-refractivity contribution in [2.45, 2.75) is 49.5 Å². The Kier molecular flexibility index (Phi) is 8.55. The number of esters is 1. The van der Waals surface area contributed by atoms with Gasteiger partial charge in [0, 0.05) is 6.20 Å². The van der Waals surface area contributed by atoms with E-state index in [1.165, 1.54) is 0 Å². The topological polar surface area (TPSA) is 267 Å². The van der Waals surface area contributed by atoms with E-state index >= 15 is 0 Å².